The number of nitrogens with zero attached hydrogens (tertiary/aromatic N) is 3. The quantitative estimate of drug-likeness (QED) is 0.0157. The van der Waals surface area contributed by atoms with Crippen LogP contribution in [0.3, 0.4) is 0 Å². The number of aliphatic hydroxyl groups is 2. The number of aliphatic hydroxyl groups excluding tert-OH is 2. The maximum absolute atomic E-state index is 15.6. The lowest BCUT2D eigenvalue weighted by Gasteiger charge is -2.60. The number of ether oxygens (including phenoxy) is 3. The zero-order valence-corrected chi connectivity index (χ0v) is 41.2. The predicted octanol–water partition coefficient (Wildman–Crippen LogP) is 11.9. The first-order chi connectivity index (χ1) is 36.2. The van der Waals surface area contributed by atoms with Crippen LogP contribution in [0.4, 0.5) is 5.69 Å². The third-order valence-electron chi connectivity index (χ3n) is 14.5. The first-order valence-electron chi connectivity index (χ1n) is 25.4. The Morgan fingerprint density at radius 2 is 1.59 bits per heavy atom. The molecule has 2 aliphatic carbocycles. The molecular weight excluding hydrogens is 935 g/mol. The normalized spacial score (nSPS) is 21.2. The molecule has 1 saturated carbocycles. The van der Waals surface area contributed by atoms with Crippen molar-refractivity contribution in [2.24, 2.45) is 22.9 Å². The Morgan fingerprint density at radius 1 is 0.851 bits per heavy atom. The molecule has 6 aromatic carbocycles. The van der Waals surface area contributed by atoms with Gasteiger partial charge in [-0.05, 0) is 119 Å². The van der Waals surface area contributed by atoms with Crippen molar-refractivity contribution >= 4 is 40.4 Å². The minimum Gasteiger partial charge on any atom is -0.459 e. The van der Waals surface area contributed by atoms with E-state index in [9.17, 15) is 25.1 Å². The summed E-state index contributed by atoms with van der Waals surface area (Å²) in [6.45, 7) is 4.59. The molecule has 2 N–H and O–H groups in total. The van der Waals surface area contributed by atoms with E-state index in [1.165, 1.54) is 18.2 Å². The second kappa shape index (κ2) is 23.9. The zero-order chi connectivity index (χ0) is 51.4. The van der Waals surface area contributed by atoms with E-state index < -0.39 is 22.7 Å². The van der Waals surface area contributed by atoms with Gasteiger partial charge in [0.1, 0.15) is 36.2 Å². The number of allylic oxidation sites excluding steroid dienone is 1. The molecule has 1 heterocycles. The summed E-state index contributed by atoms with van der Waals surface area (Å²) in [4.78, 5) is 46.6. The van der Waals surface area contributed by atoms with E-state index in [4.69, 9.17) is 24.2 Å². The number of carbonyl (C=O) groups is 2. The summed E-state index contributed by atoms with van der Waals surface area (Å²) < 4.78 is 21.3. The fourth-order valence-corrected chi connectivity index (χ4v) is 11.2. The molecule has 380 valence electrons. The van der Waals surface area contributed by atoms with Gasteiger partial charge in [-0.3, -0.25) is 19.7 Å². The van der Waals surface area contributed by atoms with Gasteiger partial charge in [-0.15, -0.1) is 6.58 Å². The van der Waals surface area contributed by atoms with Crippen LogP contribution in [-0.2, 0) is 27.5 Å². The van der Waals surface area contributed by atoms with E-state index in [-0.39, 0.29) is 68.7 Å². The number of amides is 1. The van der Waals surface area contributed by atoms with Gasteiger partial charge in [0.25, 0.3) is 5.69 Å². The first kappa shape index (κ1) is 51.2. The van der Waals surface area contributed by atoms with Gasteiger partial charge in [-0.25, -0.2) is 0 Å². The number of oxime groups is 1. The molecule has 9 rings (SSSR count). The van der Waals surface area contributed by atoms with Crippen molar-refractivity contribution in [2.75, 3.05) is 19.8 Å². The van der Waals surface area contributed by atoms with Crippen molar-refractivity contribution in [3.8, 4) is 17.2 Å². The molecular formula is C61H61N3O10. The van der Waals surface area contributed by atoms with E-state index in [2.05, 4.69) is 12.7 Å². The number of aldehydes is 1. The van der Waals surface area contributed by atoms with E-state index in [1.807, 2.05) is 95.9 Å². The molecule has 6 unspecified atom stereocenters. The molecule has 3 aliphatic rings. The van der Waals surface area contributed by atoms with Gasteiger partial charge in [0.2, 0.25) is 11.7 Å². The molecule has 1 fully saturated rings. The molecule has 6 aromatic rings. The highest BCUT2D eigenvalue weighted by atomic mass is 16.7. The molecule has 1 amide bonds. The highest BCUT2D eigenvalue weighted by molar-refractivity contribution is 6.03. The number of nitro groups is 1. The number of hydrogen-bond donors (Lipinski definition) is 2. The van der Waals surface area contributed by atoms with Crippen molar-refractivity contribution in [1.29, 1.82) is 0 Å². The molecule has 74 heavy (non-hydrogen) atoms. The smallest absolute Gasteiger partial charge is 0.269 e. The van der Waals surface area contributed by atoms with Gasteiger partial charge in [-0.2, -0.15) is 0 Å². The molecule has 0 saturated heterocycles. The van der Waals surface area contributed by atoms with Crippen LogP contribution in [0.2, 0.25) is 0 Å². The van der Waals surface area contributed by atoms with E-state index in [0.29, 0.717) is 46.9 Å². The molecule has 13 heteroatoms. The molecule has 0 aromatic heterocycles. The molecule has 6 atom stereocenters. The summed E-state index contributed by atoms with van der Waals surface area (Å²) >= 11 is 0. The molecule has 0 spiro atoms. The summed E-state index contributed by atoms with van der Waals surface area (Å²) in [5, 5.41) is 38.8. The largest absolute Gasteiger partial charge is 0.459 e. The maximum atomic E-state index is 15.6. The molecule has 1 aliphatic heterocycles. The van der Waals surface area contributed by atoms with Crippen LogP contribution in [0.5, 0.6) is 17.2 Å². The van der Waals surface area contributed by atoms with Gasteiger partial charge in [0.15, 0.2) is 0 Å². The number of rotatable bonds is 23. The zero-order valence-electron chi connectivity index (χ0n) is 41.2. The van der Waals surface area contributed by atoms with Gasteiger partial charge < -0.3 is 34.2 Å². The number of hydrogen-bond acceptors (Lipinski definition) is 11. The fraction of sp³-hybridized carbons (Fsp3) is 0.295. The minimum atomic E-state index is -1.57. The van der Waals surface area contributed by atoms with Crippen LogP contribution in [0.15, 0.2) is 175 Å². The average molecular weight is 996 g/mol. The van der Waals surface area contributed by atoms with E-state index in [0.717, 1.165) is 65.0 Å². The number of fused-ring (bicyclic) bond motifs is 3. The summed E-state index contributed by atoms with van der Waals surface area (Å²) in [6.07, 6.45) is 12.3. The maximum Gasteiger partial charge on any atom is 0.269 e. The average Bonchev–Trinajstić information content (AvgIpc) is 3.43. The van der Waals surface area contributed by atoms with Crippen molar-refractivity contribution in [3.05, 3.63) is 208 Å². The van der Waals surface area contributed by atoms with E-state index in [1.54, 1.807) is 48.6 Å². The topological polar surface area (TPSA) is 170 Å². The minimum absolute atomic E-state index is 0.0117. The Morgan fingerprint density at radius 3 is 2.36 bits per heavy atom. The van der Waals surface area contributed by atoms with Crippen LogP contribution in [0, 0.1) is 27.9 Å². The summed E-state index contributed by atoms with van der Waals surface area (Å²) in [5.74, 6) is -1.34. The first-order valence-corrected chi connectivity index (χ1v) is 25.4. The van der Waals surface area contributed by atoms with Gasteiger partial charge in [0.05, 0.1) is 23.2 Å². The lowest BCUT2D eigenvalue weighted by molar-refractivity contribution is -0.384. The van der Waals surface area contributed by atoms with E-state index >= 15 is 4.79 Å². The Kier molecular flexibility index (Phi) is 16.5. The standard InChI is InChI=1S/C61H61N3O10/c1-2-34-71-61-57(63(39-47-20-13-19-45-17-6-7-22-51(45)47)58(68)31-26-42-24-27-48(28-25-42)64(69)70)38-55(62-72-41-43-14-4-3-5-15-43)53-36-46(18-8-10-32-65)52(23-9-11-33-66)59(60(53)61)54-37-50(29-30-56(54)74-61)73-49-21-12-16-44(35-49)40-67/h2-7,12-17,19-22,24-31,35-37,40,46,52,57,59-60,65-66H,1,8-11,18,23,32-34,38-39,41H2. The lowest BCUT2D eigenvalue weighted by atomic mass is 9.55. The second-order valence-electron chi connectivity index (χ2n) is 19.1. The van der Waals surface area contributed by atoms with Crippen LogP contribution in [0.1, 0.15) is 83.5 Å². The highest BCUT2D eigenvalue weighted by Gasteiger charge is 2.65. The third-order valence-corrected chi connectivity index (χ3v) is 14.5. The summed E-state index contributed by atoms with van der Waals surface area (Å²) in [7, 11) is 0. The van der Waals surface area contributed by atoms with Crippen LogP contribution in [-0.4, -0.2) is 69.6 Å². The number of non-ortho nitro benzene ring substituents is 1. The summed E-state index contributed by atoms with van der Waals surface area (Å²) in [5.41, 5.74) is 5.23. The van der Waals surface area contributed by atoms with Gasteiger partial charge >= 0.3 is 0 Å². The monoisotopic (exact) mass is 995 g/mol. The van der Waals surface area contributed by atoms with Crippen molar-refractivity contribution in [2.45, 2.75) is 75.8 Å². The Balaban J connectivity index is 1.26. The Labute approximate surface area is 431 Å². The summed E-state index contributed by atoms with van der Waals surface area (Å²) in [6, 6.07) is 41.8. The second-order valence-corrected chi connectivity index (χ2v) is 19.1. The molecule has 0 bridgehead atoms. The predicted molar refractivity (Wildman–Crippen MR) is 285 cm³/mol. The highest BCUT2D eigenvalue weighted by Crippen LogP contribution is 2.62. The van der Waals surface area contributed by atoms with Crippen LogP contribution >= 0.6 is 0 Å². The van der Waals surface area contributed by atoms with Gasteiger partial charge in [0, 0.05) is 61.4 Å². The van der Waals surface area contributed by atoms with Crippen molar-refractivity contribution in [1.82, 2.24) is 4.90 Å². The van der Waals surface area contributed by atoms with Crippen molar-refractivity contribution < 1.29 is 43.8 Å². The SMILES string of the molecule is C=CCOC12Oc3ccc(Oc4cccc(C=O)c4)cc3C3C(CCCCO)C(CCCCO)C=C(C(=NOCc4ccccc4)CC1N(Cc1cccc4ccccc14)C(=O)C=Cc1ccc([N+](=O)[O-])cc1)C32. The number of unbranched alkanes of at least 4 members (excludes halogenated alkanes) is 2. The Bertz CT molecular complexity index is 3040. The number of carbonyl (C=O) groups excluding carboxylic acids is 2. The van der Waals surface area contributed by atoms with Crippen LogP contribution < -0.4 is 9.47 Å². The van der Waals surface area contributed by atoms with Gasteiger partial charge in [-0.1, -0.05) is 115 Å². The lowest BCUT2D eigenvalue weighted by Crippen LogP contribution is -2.70. The fourth-order valence-electron chi connectivity index (χ4n) is 11.2. The number of nitro benzene ring substituents is 1. The third kappa shape index (κ3) is 11.3. The Hall–Kier alpha value is -7.71. The molecule has 13 nitrogen and oxygen atoms in total. The van der Waals surface area contributed by atoms with Crippen molar-refractivity contribution in [3.63, 3.8) is 0 Å². The molecule has 0 radical (unpaired) electrons. The number of benzene rings is 6. The van der Waals surface area contributed by atoms with Crippen LogP contribution in [0.25, 0.3) is 16.8 Å².